The number of methoxy groups -OCH3 is 1. The van der Waals surface area contributed by atoms with Crippen LogP contribution >= 0.6 is 22.6 Å². The average Bonchev–Trinajstić information content (AvgIpc) is 2.93. The Morgan fingerprint density at radius 1 is 1.12 bits per heavy atom. The lowest BCUT2D eigenvalue weighted by molar-refractivity contribution is -0.155. The van der Waals surface area contributed by atoms with E-state index in [1.807, 2.05) is 0 Å². The van der Waals surface area contributed by atoms with Crippen molar-refractivity contribution in [3.63, 3.8) is 0 Å². The van der Waals surface area contributed by atoms with Crippen LogP contribution in [-0.4, -0.2) is 29.0 Å². The highest BCUT2D eigenvalue weighted by molar-refractivity contribution is 14.1. The molecule has 1 amide bonds. The zero-order valence-electron chi connectivity index (χ0n) is 15.5. The van der Waals surface area contributed by atoms with Crippen molar-refractivity contribution < 1.29 is 14.3 Å². The number of ether oxygens (including phenoxy) is 1. The predicted octanol–water partition coefficient (Wildman–Crippen LogP) is 3.71. The second-order valence-corrected chi connectivity index (χ2v) is 10.9. The summed E-state index contributed by atoms with van der Waals surface area (Å²) >= 11 is 2.32. The molecule has 5 heteroatoms. The van der Waals surface area contributed by atoms with Gasteiger partial charge in [-0.25, -0.2) is 0 Å². The zero-order valence-corrected chi connectivity index (χ0v) is 17.7. The first-order chi connectivity index (χ1) is 11.8. The van der Waals surface area contributed by atoms with Crippen molar-refractivity contribution in [1.82, 2.24) is 5.32 Å². The molecule has 1 heterocycles. The molecule has 4 rings (SSSR count). The maximum Gasteiger partial charge on any atom is 0.309 e. The van der Waals surface area contributed by atoms with Gasteiger partial charge in [-0.1, -0.05) is 36.4 Å². The van der Waals surface area contributed by atoms with Gasteiger partial charge in [0, 0.05) is 6.04 Å². The fourth-order valence-electron chi connectivity index (χ4n) is 7.26. The molecule has 0 radical (unpaired) electrons. The quantitative estimate of drug-likeness (QED) is 0.370. The van der Waals surface area contributed by atoms with Gasteiger partial charge in [0.25, 0.3) is 0 Å². The van der Waals surface area contributed by atoms with Gasteiger partial charge in [0.15, 0.2) is 0 Å². The molecule has 0 bridgehead atoms. The number of amides is 1. The Morgan fingerprint density at radius 2 is 1.84 bits per heavy atom. The van der Waals surface area contributed by atoms with Crippen molar-refractivity contribution in [2.45, 2.75) is 68.8 Å². The van der Waals surface area contributed by atoms with Crippen LogP contribution in [0.3, 0.4) is 0 Å². The number of halogens is 1. The molecule has 1 saturated heterocycles. The van der Waals surface area contributed by atoms with Gasteiger partial charge in [-0.15, -0.1) is 0 Å². The number of hydrogen-bond donors (Lipinski definition) is 1. The van der Waals surface area contributed by atoms with Gasteiger partial charge < -0.3 is 10.1 Å². The third kappa shape index (κ3) is 2.50. The summed E-state index contributed by atoms with van der Waals surface area (Å²) in [5, 5.41) is 3.33. The lowest BCUT2D eigenvalue weighted by Gasteiger charge is -2.60. The van der Waals surface area contributed by atoms with Gasteiger partial charge in [0.05, 0.1) is 17.0 Å². The van der Waals surface area contributed by atoms with Gasteiger partial charge in [-0.05, 0) is 73.5 Å². The molecule has 1 N–H and O–H groups in total. The topological polar surface area (TPSA) is 55.4 Å². The third-order valence-corrected chi connectivity index (χ3v) is 9.58. The van der Waals surface area contributed by atoms with Gasteiger partial charge in [0.1, 0.15) is 0 Å². The lowest BCUT2D eigenvalue weighted by atomic mass is 9.47. The highest BCUT2D eigenvalue weighted by atomic mass is 127. The minimum atomic E-state index is 0.000559. The van der Waals surface area contributed by atoms with Crippen molar-refractivity contribution in [3.8, 4) is 0 Å². The predicted molar refractivity (Wildman–Crippen MR) is 104 cm³/mol. The number of esters is 1. The van der Waals surface area contributed by atoms with Gasteiger partial charge in [-0.2, -0.15) is 0 Å². The number of hydrogen-bond acceptors (Lipinski definition) is 3. The van der Waals surface area contributed by atoms with Gasteiger partial charge in [0.2, 0.25) is 5.91 Å². The maximum atomic E-state index is 12.3. The summed E-state index contributed by atoms with van der Waals surface area (Å²) in [6.45, 7) is 4.77. The number of nitrogens with one attached hydrogen (secondary N) is 1. The summed E-state index contributed by atoms with van der Waals surface area (Å²) in [6.07, 6.45) is 7.78. The normalized spacial score (nSPS) is 51.8. The molecule has 25 heavy (non-hydrogen) atoms. The molecule has 4 fully saturated rings. The van der Waals surface area contributed by atoms with E-state index < -0.39 is 0 Å². The molecule has 1 unspecified atom stereocenters. The van der Waals surface area contributed by atoms with Crippen molar-refractivity contribution in [2.24, 2.45) is 34.5 Å². The van der Waals surface area contributed by atoms with Gasteiger partial charge >= 0.3 is 5.97 Å². The number of carbonyl (C=O) groups is 2. The molecule has 3 aliphatic carbocycles. The van der Waals surface area contributed by atoms with E-state index in [9.17, 15) is 9.59 Å². The van der Waals surface area contributed by atoms with Crippen molar-refractivity contribution in [3.05, 3.63) is 0 Å². The summed E-state index contributed by atoms with van der Waals surface area (Å²) in [6, 6.07) is 0.342. The number of carbonyl (C=O) groups excluding carboxylic acids is 2. The van der Waals surface area contributed by atoms with E-state index in [4.69, 9.17) is 4.74 Å². The minimum Gasteiger partial charge on any atom is -0.469 e. The zero-order chi connectivity index (χ0) is 18.0. The Bertz CT molecular complexity index is 595. The standard InChI is InChI=1S/C20H30INO3/c1-19-9-8-13-11(12(19)5-6-14(19)18(24)25-3)4-7-16-20(13,2)10-15(21)17(23)22-16/h11-16H,4-10H2,1-3H3,(H,22,23)/t11-,12-,13-,14?,15+,16+,19-,20+/m0/s1. The Balaban J connectivity index is 1.62. The van der Waals surface area contributed by atoms with Crippen molar-refractivity contribution in [2.75, 3.05) is 7.11 Å². The molecule has 0 aromatic carbocycles. The van der Waals surface area contributed by atoms with Gasteiger partial charge in [-0.3, -0.25) is 9.59 Å². The van der Waals surface area contributed by atoms with Crippen LogP contribution in [0.5, 0.6) is 0 Å². The highest BCUT2D eigenvalue weighted by Crippen LogP contribution is 2.65. The third-order valence-electron chi connectivity index (χ3n) is 8.57. The molecule has 0 aromatic heterocycles. The first-order valence-electron chi connectivity index (χ1n) is 9.83. The lowest BCUT2D eigenvalue weighted by Crippen LogP contribution is -2.63. The highest BCUT2D eigenvalue weighted by Gasteiger charge is 2.62. The molecule has 3 saturated carbocycles. The minimum absolute atomic E-state index is 0.000559. The van der Waals surface area contributed by atoms with Crippen molar-refractivity contribution in [1.29, 1.82) is 0 Å². The monoisotopic (exact) mass is 459 g/mol. The van der Waals surface area contributed by atoms with E-state index in [1.54, 1.807) is 0 Å². The van der Waals surface area contributed by atoms with Crippen LogP contribution in [0, 0.1) is 34.5 Å². The molecule has 0 spiro atoms. The molecule has 1 aliphatic heterocycles. The van der Waals surface area contributed by atoms with E-state index >= 15 is 0 Å². The largest absolute Gasteiger partial charge is 0.469 e. The van der Waals surface area contributed by atoms with E-state index in [-0.39, 0.29) is 32.5 Å². The van der Waals surface area contributed by atoms with Crippen LogP contribution in [0.1, 0.15) is 58.8 Å². The maximum absolute atomic E-state index is 12.3. The Labute approximate surface area is 164 Å². The number of fused-ring (bicyclic) bond motifs is 5. The molecule has 4 nitrogen and oxygen atoms in total. The Hall–Kier alpha value is -0.330. The molecular weight excluding hydrogens is 429 g/mol. The first-order valence-corrected chi connectivity index (χ1v) is 11.1. The molecule has 8 atom stereocenters. The fraction of sp³-hybridized carbons (Fsp3) is 0.900. The van der Waals surface area contributed by atoms with E-state index in [2.05, 4.69) is 41.8 Å². The van der Waals surface area contributed by atoms with Crippen LogP contribution in [0.2, 0.25) is 0 Å². The van der Waals surface area contributed by atoms with Crippen LogP contribution < -0.4 is 5.32 Å². The second kappa shape index (κ2) is 6.10. The molecule has 140 valence electrons. The number of rotatable bonds is 1. The van der Waals surface area contributed by atoms with E-state index in [0.29, 0.717) is 23.8 Å². The Kier molecular flexibility index (Phi) is 4.40. The summed E-state index contributed by atoms with van der Waals surface area (Å²) in [7, 11) is 1.53. The number of alkyl halides is 1. The summed E-state index contributed by atoms with van der Waals surface area (Å²) in [5.74, 6) is 2.33. The fourth-order valence-corrected chi connectivity index (χ4v) is 8.39. The van der Waals surface area contributed by atoms with Crippen LogP contribution in [0.25, 0.3) is 0 Å². The van der Waals surface area contributed by atoms with Crippen molar-refractivity contribution >= 4 is 34.5 Å². The molecule has 4 aliphatic rings. The summed E-state index contributed by atoms with van der Waals surface area (Å²) in [5.41, 5.74) is 0.326. The summed E-state index contributed by atoms with van der Waals surface area (Å²) in [4.78, 5) is 24.5. The van der Waals surface area contributed by atoms with Crippen LogP contribution in [0.15, 0.2) is 0 Å². The van der Waals surface area contributed by atoms with E-state index in [1.165, 1.54) is 20.0 Å². The summed E-state index contributed by atoms with van der Waals surface area (Å²) < 4.78 is 5.22. The Morgan fingerprint density at radius 3 is 2.56 bits per heavy atom. The van der Waals surface area contributed by atoms with E-state index in [0.717, 1.165) is 32.1 Å². The number of piperidine rings is 1. The molecular formula is C20H30INO3. The second-order valence-electron chi connectivity index (χ2n) is 9.39. The van der Waals surface area contributed by atoms with Crippen LogP contribution in [-0.2, 0) is 14.3 Å². The van der Waals surface area contributed by atoms with Crippen LogP contribution in [0.4, 0.5) is 0 Å². The molecule has 0 aromatic rings. The SMILES string of the molecule is COC(=O)C1CC[C@H]2[C@@H]3CC[C@H]4NC(=O)[C@H](I)C[C@]4(C)[C@H]3CC[C@]12C. The first kappa shape index (κ1) is 18.1. The smallest absolute Gasteiger partial charge is 0.309 e. The average molecular weight is 459 g/mol.